The smallest absolute Gasteiger partial charge is 0.255 e. The fraction of sp³-hybridized carbons (Fsp3) is 0.565. The van der Waals surface area contributed by atoms with Crippen LogP contribution in [0.15, 0.2) is 30.5 Å². The van der Waals surface area contributed by atoms with Gasteiger partial charge in [-0.2, -0.15) is 0 Å². The third-order valence-electron chi connectivity index (χ3n) is 6.98. The minimum atomic E-state index is -0.444. The third-order valence-corrected chi connectivity index (χ3v) is 6.98. The summed E-state index contributed by atoms with van der Waals surface area (Å²) in [6.45, 7) is 5.90. The summed E-state index contributed by atoms with van der Waals surface area (Å²) in [7, 11) is 0. The number of benzene rings is 1. The first-order valence-electron chi connectivity index (χ1n) is 11.0. The van der Waals surface area contributed by atoms with Crippen LogP contribution in [0.3, 0.4) is 0 Å². The molecule has 7 nitrogen and oxygen atoms in total. The second kappa shape index (κ2) is 7.71. The molecule has 3 heterocycles. The van der Waals surface area contributed by atoms with Gasteiger partial charge in [-0.1, -0.05) is 6.58 Å². The fourth-order valence-electron chi connectivity index (χ4n) is 5.41. The van der Waals surface area contributed by atoms with Gasteiger partial charge in [-0.05, 0) is 62.3 Å². The van der Waals surface area contributed by atoms with Crippen molar-refractivity contribution in [2.45, 2.75) is 69.4 Å². The molecule has 3 fully saturated rings. The average molecular weight is 412 g/mol. The minimum absolute atomic E-state index is 0.0889. The monoisotopic (exact) mass is 411 g/mol. The van der Waals surface area contributed by atoms with Crippen LogP contribution in [0.2, 0.25) is 0 Å². The summed E-state index contributed by atoms with van der Waals surface area (Å²) < 4.78 is 6.37. The van der Waals surface area contributed by atoms with Crippen molar-refractivity contribution in [3.63, 3.8) is 0 Å². The van der Waals surface area contributed by atoms with Crippen molar-refractivity contribution >= 4 is 11.8 Å². The normalized spacial score (nSPS) is 31.9. The van der Waals surface area contributed by atoms with E-state index < -0.39 is 6.04 Å². The SMILES string of the molecule is C=C1CCC(N2Cc3cc(O[C@H]4CCCC4N4CCC(O)C4)ccc3C2=O)C(=O)N1. The topological polar surface area (TPSA) is 82.1 Å². The molecule has 1 saturated carbocycles. The molecule has 2 N–H and O–H groups in total. The number of allylic oxidation sites excluding steroid dienone is 1. The van der Waals surface area contributed by atoms with Crippen LogP contribution < -0.4 is 10.1 Å². The Morgan fingerprint density at radius 1 is 1.17 bits per heavy atom. The van der Waals surface area contributed by atoms with E-state index in [4.69, 9.17) is 4.74 Å². The maximum absolute atomic E-state index is 12.9. The largest absolute Gasteiger partial charge is 0.489 e. The molecular formula is C23H29N3O4. The van der Waals surface area contributed by atoms with E-state index in [1.165, 1.54) is 0 Å². The highest BCUT2D eigenvalue weighted by Crippen LogP contribution is 2.34. The van der Waals surface area contributed by atoms with Gasteiger partial charge in [0.1, 0.15) is 17.9 Å². The van der Waals surface area contributed by atoms with E-state index in [1.54, 1.807) is 4.90 Å². The Labute approximate surface area is 176 Å². The molecule has 3 unspecified atom stereocenters. The van der Waals surface area contributed by atoms with Gasteiger partial charge < -0.3 is 20.1 Å². The number of amides is 2. The highest BCUT2D eigenvalue weighted by atomic mass is 16.5. The van der Waals surface area contributed by atoms with Gasteiger partial charge in [-0.15, -0.1) is 0 Å². The third kappa shape index (κ3) is 3.50. The number of hydrogen-bond acceptors (Lipinski definition) is 5. The van der Waals surface area contributed by atoms with Crippen molar-refractivity contribution in [2.24, 2.45) is 0 Å². The maximum atomic E-state index is 12.9. The molecule has 0 bridgehead atoms. The van der Waals surface area contributed by atoms with E-state index in [2.05, 4.69) is 16.8 Å². The molecule has 4 atom stereocenters. The van der Waals surface area contributed by atoms with Gasteiger partial charge in [0.05, 0.1) is 6.10 Å². The van der Waals surface area contributed by atoms with E-state index in [1.807, 2.05) is 18.2 Å². The van der Waals surface area contributed by atoms with Crippen LogP contribution in [0.4, 0.5) is 0 Å². The molecule has 4 aliphatic rings. The molecule has 0 aromatic heterocycles. The van der Waals surface area contributed by atoms with E-state index >= 15 is 0 Å². The number of likely N-dealkylation sites (tertiary alicyclic amines) is 1. The maximum Gasteiger partial charge on any atom is 0.255 e. The summed E-state index contributed by atoms with van der Waals surface area (Å²) in [5.74, 6) is 0.543. The minimum Gasteiger partial charge on any atom is -0.489 e. The van der Waals surface area contributed by atoms with E-state index in [-0.39, 0.29) is 24.0 Å². The molecule has 2 saturated heterocycles. The second-order valence-electron chi connectivity index (χ2n) is 8.99. The Balaban J connectivity index is 1.29. The Hall–Kier alpha value is -2.38. The molecule has 1 aromatic rings. The number of β-amino-alcohol motifs (C(OH)–C–C–N with tert-alkyl or cyclic N) is 1. The zero-order chi connectivity index (χ0) is 20.8. The van der Waals surface area contributed by atoms with Gasteiger partial charge in [-0.3, -0.25) is 14.5 Å². The van der Waals surface area contributed by atoms with Crippen LogP contribution in [0.1, 0.15) is 54.4 Å². The lowest BCUT2D eigenvalue weighted by atomic mass is 10.0. The number of nitrogens with one attached hydrogen (secondary N) is 1. The lowest BCUT2D eigenvalue weighted by Crippen LogP contribution is -2.49. The Kier molecular flexibility index (Phi) is 5.03. The summed E-state index contributed by atoms with van der Waals surface area (Å²) >= 11 is 0. The Morgan fingerprint density at radius 3 is 2.80 bits per heavy atom. The Bertz CT molecular complexity index is 885. The van der Waals surface area contributed by atoms with Crippen LogP contribution >= 0.6 is 0 Å². The predicted molar refractivity (Wildman–Crippen MR) is 111 cm³/mol. The molecule has 1 aliphatic carbocycles. The number of carbonyl (C=O) groups is 2. The van der Waals surface area contributed by atoms with E-state index in [9.17, 15) is 14.7 Å². The molecular weight excluding hydrogens is 382 g/mol. The summed E-state index contributed by atoms with van der Waals surface area (Å²) in [6.07, 6.45) is 5.25. The number of nitrogens with zero attached hydrogens (tertiary/aromatic N) is 2. The van der Waals surface area contributed by atoms with E-state index in [0.717, 1.165) is 50.1 Å². The number of fused-ring (bicyclic) bond motifs is 1. The summed E-state index contributed by atoms with van der Waals surface area (Å²) in [5.41, 5.74) is 2.29. The number of hydrogen-bond donors (Lipinski definition) is 2. The fourth-order valence-corrected chi connectivity index (χ4v) is 5.41. The number of ether oxygens (including phenoxy) is 1. The van der Waals surface area contributed by atoms with Crippen LogP contribution in [-0.2, 0) is 11.3 Å². The van der Waals surface area contributed by atoms with Gasteiger partial charge in [0.15, 0.2) is 0 Å². The van der Waals surface area contributed by atoms with Crippen molar-refractivity contribution in [3.05, 3.63) is 41.6 Å². The van der Waals surface area contributed by atoms with Crippen LogP contribution in [-0.4, -0.2) is 64.1 Å². The first kappa shape index (κ1) is 19.6. The zero-order valence-electron chi connectivity index (χ0n) is 17.2. The molecule has 5 rings (SSSR count). The summed E-state index contributed by atoms with van der Waals surface area (Å²) in [4.78, 5) is 29.3. The number of piperidine rings is 1. The first-order chi connectivity index (χ1) is 14.5. The quantitative estimate of drug-likeness (QED) is 0.790. The number of carbonyl (C=O) groups excluding carboxylic acids is 2. The Morgan fingerprint density at radius 2 is 2.03 bits per heavy atom. The highest BCUT2D eigenvalue weighted by Gasteiger charge is 2.39. The summed E-state index contributed by atoms with van der Waals surface area (Å²) in [6, 6.07) is 5.56. The average Bonchev–Trinajstić information content (AvgIpc) is 3.41. The summed E-state index contributed by atoms with van der Waals surface area (Å²) in [5, 5.41) is 12.7. The standard InChI is InChI=1S/C23H29N3O4/c1-14-5-8-20(22(28)24-14)26-12-15-11-17(6-7-18(15)23(26)29)30-21-4-2-3-19(21)25-10-9-16(27)13-25/h6-7,11,16,19-21,27H,1-5,8-10,12-13H2,(H,24,28)/t16?,19?,20?,21-/m0/s1. The van der Waals surface area contributed by atoms with Gasteiger partial charge in [-0.25, -0.2) is 0 Å². The van der Waals surface area contributed by atoms with Crippen molar-refractivity contribution in [2.75, 3.05) is 13.1 Å². The van der Waals surface area contributed by atoms with Crippen LogP contribution in [0, 0.1) is 0 Å². The molecule has 7 heteroatoms. The van der Waals surface area contributed by atoms with Gasteiger partial charge in [0.2, 0.25) is 5.91 Å². The molecule has 30 heavy (non-hydrogen) atoms. The number of rotatable bonds is 4. The molecule has 0 spiro atoms. The van der Waals surface area contributed by atoms with Crippen molar-refractivity contribution in [1.82, 2.24) is 15.1 Å². The van der Waals surface area contributed by atoms with E-state index in [0.29, 0.717) is 36.7 Å². The van der Waals surface area contributed by atoms with Gasteiger partial charge in [0.25, 0.3) is 5.91 Å². The van der Waals surface area contributed by atoms with Crippen molar-refractivity contribution in [3.8, 4) is 5.75 Å². The van der Waals surface area contributed by atoms with Gasteiger partial charge in [0, 0.05) is 36.9 Å². The lowest BCUT2D eigenvalue weighted by molar-refractivity contribution is -0.126. The molecule has 0 radical (unpaired) electrons. The van der Waals surface area contributed by atoms with Crippen molar-refractivity contribution < 1.29 is 19.4 Å². The van der Waals surface area contributed by atoms with Crippen LogP contribution in [0.25, 0.3) is 0 Å². The zero-order valence-corrected chi connectivity index (χ0v) is 17.2. The number of aliphatic hydroxyl groups excluding tert-OH is 1. The lowest BCUT2D eigenvalue weighted by Gasteiger charge is -2.30. The second-order valence-corrected chi connectivity index (χ2v) is 8.99. The highest BCUT2D eigenvalue weighted by molar-refractivity contribution is 6.01. The molecule has 2 amide bonds. The van der Waals surface area contributed by atoms with Crippen LogP contribution in [0.5, 0.6) is 5.75 Å². The first-order valence-corrected chi connectivity index (χ1v) is 11.0. The molecule has 3 aliphatic heterocycles. The van der Waals surface area contributed by atoms with Gasteiger partial charge >= 0.3 is 0 Å². The predicted octanol–water partition coefficient (Wildman–Crippen LogP) is 1.80. The van der Waals surface area contributed by atoms with Crippen molar-refractivity contribution in [1.29, 1.82) is 0 Å². The number of aliphatic hydroxyl groups is 1. The molecule has 1 aromatic carbocycles. The molecule has 160 valence electrons.